The number of imidazole rings is 1. The molecule has 0 saturated carbocycles. The van der Waals surface area contributed by atoms with Gasteiger partial charge < -0.3 is 4.57 Å². The lowest BCUT2D eigenvalue weighted by molar-refractivity contribution is -0.119. The Labute approximate surface area is 183 Å². The van der Waals surface area contributed by atoms with Crippen LogP contribution in [0.1, 0.15) is 62.7 Å². The molecule has 31 heavy (non-hydrogen) atoms. The number of carbonyl (C=O) groups excluding carboxylic acids is 1. The van der Waals surface area contributed by atoms with Crippen LogP contribution in [0, 0.1) is 12.8 Å². The smallest absolute Gasteiger partial charge is 0.262 e. The van der Waals surface area contributed by atoms with Gasteiger partial charge >= 0.3 is 0 Å². The fourth-order valence-corrected chi connectivity index (χ4v) is 5.92. The van der Waals surface area contributed by atoms with E-state index in [1.54, 1.807) is 16.5 Å². The molecule has 0 N–H and O–H groups in total. The highest BCUT2D eigenvalue weighted by Gasteiger charge is 2.40. The molecule has 1 amide bonds. The molecular weight excluding hydrogens is 416 g/mol. The summed E-state index contributed by atoms with van der Waals surface area (Å²) in [5.74, 6) is 1.66. The number of carbonyl (C=O) groups is 1. The number of nitrogens with zero attached hydrogens (tertiary/aromatic N) is 6. The van der Waals surface area contributed by atoms with Crippen molar-refractivity contribution in [3.05, 3.63) is 29.6 Å². The minimum absolute atomic E-state index is 0.0327. The van der Waals surface area contributed by atoms with Crippen molar-refractivity contribution in [2.45, 2.75) is 63.9 Å². The molecule has 1 fully saturated rings. The summed E-state index contributed by atoms with van der Waals surface area (Å²) in [4.78, 5) is 28.0. The summed E-state index contributed by atoms with van der Waals surface area (Å²) in [6.07, 6.45) is 6.33. The zero-order valence-corrected chi connectivity index (χ0v) is 19.4. The second-order valence-electron chi connectivity index (χ2n) is 8.85. The predicted octanol–water partition coefficient (Wildman–Crippen LogP) is 2.37. The molecule has 1 atom stereocenters. The van der Waals surface area contributed by atoms with Crippen molar-refractivity contribution < 1.29 is 13.2 Å². The molecule has 0 aliphatic carbocycles. The van der Waals surface area contributed by atoms with Crippen LogP contribution >= 0.6 is 0 Å². The van der Waals surface area contributed by atoms with E-state index in [1.165, 1.54) is 16.8 Å². The van der Waals surface area contributed by atoms with E-state index >= 15 is 0 Å². The van der Waals surface area contributed by atoms with E-state index in [0.717, 1.165) is 24.1 Å². The average Bonchev–Trinajstić information content (AvgIpc) is 3.36. The highest BCUT2D eigenvalue weighted by atomic mass is 32.2. The van der Waals surface area contributed by atoms with Crippen LogP contribution in [-0.4, -0.2) is 51.2 Å². The molecule has 2 aromatic heterocycles. The summed E-state index contributed by atoms with van der Waals surface area (Å²) in [6, 6.07) is -0.458. The van der Waals surface area contributed by atoms with Crippen molar-refractivity contribution in [2.75, 3.05) is 18.0 Å². The average molecular weight is 447 g/mol. The van der Waals surface area contributed by atoms with Gasteiger partial charge in [0.25, 0.3) is 10.0 Å². The maximum absolute atomic E-state index is 13.2. The lowest BCUT2D eigenvalue weighted by atomic mass is 10.0. The Balaban J connectivity index is 1.71. The number of hydrogen-bond acceptors (Lipinski definition) is 6. The zero-order chi connectivity index (χ0) is 22.3. The number of aromatic nitrogens is 4. The molecule has 2 aromatic rings. The normalized spacial score (nSPS) is 20.0. The van der Waals surface area contributed by atoms with Crippen molar-refractivity contribution in [1.29, 1.82) is 0 Å². The van der Waals surface area contributed by atoms with Crippen LogP contribution in [0.4, 0.5) is 5.82 Å². The molecule has 4 heterocycles. The Morgan fingerprint density at radius 1 is 1.23 bits per heavy atom. The maximum Gasteiger partial charge on any atom is 0.262 e. The van der Waals surface area contributed by atoms with Gasteiger partial charge in [-0.1, -0.05) is 13.8 Å². The van der Waals surface area contributed by atoms with Gasteiger partial charge in [-0.05, 0) is 38.5 Å². The molecule has 10 heteroatoms. The van der Waals surface area contributed by atoms with Gasteiger partial charge in [0, 0.05) is 44.0 Å². The van der Waals surface area contributed by atoms with E-state index in [1.807, 2.05) is 6.92 Å². The number of anilines is 1. The Bertz CT molecular complexity index is 1090. The number of sulfonamides is 1. The van der Waals surface area contributed by atoms with Gasteiger partial charge in [-0.25, -0.2) is 23.4 Å². The second-order valence-corrected chi connectivity index (χ2v) is 10.7. The largest absolute Gasteiger partial charge is 0.339 e. The molecular formula is C21H30N6O3S. The highest BCUT2D eigenvalue weighted by Crippen LogP contribution is 2.37. The molecule has 4 rings (SSSR count). The highest BCUT2D eigenvalue weighted by molar-refractivity contribution is 7.89. The van der Waals surface area contributed by atoms with E-state index in [2.05, 4.69) is 18.8 Å². The number of rotatable bonds is 6. The van der Waals surface area contributed by atoms with Gasteiger partial charge in [-0.2, -0.15) is 4.31 Å². The van der Waals surface area contributed by atoms with Gasteiger partial charge in [-0.15, -0.1) is 0 Å². The number of fused-ring (bicyclic) bond motifs is 1. The Morgan fingerprint density at radius 2 is 2.00 bits per heavy atom. The van der Waals surface area contributed by atoms with Crippen LogP contribution in [-0.2, 0) is 28.3 Å². The van der Waals surface area contributed by atoms with Crippen LogP contribution in [0.25, 0.3) is 0 Å². The van der Waals surface area contributed by atoms with E-state index in [-0.39, 0.29) is 10.9 Å². The summed E-state index contributed by atoms with van der Waals surface area (Å²) >= 11 is 0. The van der Waals surface area contributed by atoms with Crippen molar-refractivity contribution >= 4 is 21.7 Å². The van der Waals surface area contributed by atoms with Crippen LogP contribution < -0.4 is 4.90 Å². The van der Waals surface area contributed by atoms with Gasteiger partial charge in [-0.3, -0.25) is 9.69 Å². The topological polar surface area (TPSA) is 101 Å². The van der Waals surface area contributed by atoms with Gasteiger partial charge in [0.05, 0.1) is 12.4 Å². The lowest BCUT2D eigenvalue weighted by Crippen LogP contribution is -2.38. The molecule has 2 aliphatic rings. The third kappa shape index (κ3) is 4.10. The standard InChI is InChI=1S/C21H30N6O3S/c1-14(2)9-11-26-19(28)8-7-16-15(3)23-20(24-21(16)26)17-6-5-10-27(17)31(29,30)18-12-25(4)13-22-18/h12-14,17H,5-11H2,1-4H3/t17-/m0/s1. The van der Waals surface area contributed by atoms with Gasteiger partial charge in [0.15, 0.2) is 5.03 Å². The number of aryl methyl sites for hydroxylation is 2. The third-order valence-corrected chi connectivity index (χ3v) is 7.83. The van der Waals surface area contributed by atoms with E-state index < -0.39 is 16.1 Å². The van der Waals surface area contributed by atoms with Crippen LogP contribution in [0.3, 0.4) is 0 Å². The lowest BCUT2D eigenvalue weighted by Gasteiger charge is -2.31. The molecule has 0 radical (unpaired) electrons. The monoisotopic (exact) mass is 446 g/mol. The first-order valence-electron chi connectivity index (χ1n) is 10.9. The summed E-state index contributed by atoms with van der Waals surface area (Å²) < 4.78 is 29.5. The van der Waals surface area contributed by atoms with Crippen LogP contribution in [0.2, 0.25) is 0 Å². The summed E-state index contributed by atoms with van der Waals surface area (Å²) in [6.45, 7) is 7.20. The van der Waals surface area contributed by atoms with Gasteiger partial charge in [0.1, 0.15) is 11.6 Å². The first-order valence-corrected chi connectivity index (χ1v) is 12.3. The van der Waals surface area contributed by atoms with E-state index in [0.29, 0.717) is 49.9 Å². The fraction of sp³-hybridized carbons (Fsp3) is 0.619. The Hall–Kier alpha value is -2.33. The Morgan fingerprint density at radius 3 is 2.68 bits per heavy atom. The summed E-state index contributed by atoms with van der Waals surface area (Å²) in [5, 5.41) is 0.0327. The minimum atomic E-state index is -3.75. The van der Waals surface area contributed by atoms with Crippen LogP contribution in [0.15, 0.2) is 17.6 Å². The van der Waals surface area contributed by atoms with E-state index in [9.17, 15) is 13.2 Å². The SMILES string of the molecule is Cc1nc([C@@H]2CCCN2S(=O)(=O)c2cn(C)cn2)nc2c1CCC(=O)N2CCC(C)C. The summed E-state index contributed by atoms with van der Waals surface area (Å²) in [7, 11) is -2.01. The van der Waals surface area contributed by atoms with E-state index in [4.69, 9.17) is 9.97 Å². The van der Waals surface area contributed by atoms with Crippen LogP contribution in [0.5, 0.6) is 0 Å². The quantitative estimate of drug-likeness (QED) is 0.675. The number of hydrogen-bond donors (Lipinski definition) is 0. The van der Waals surface area contributed by atoms with Crippen molar-refractivity contribution in [2.24, 2.45) is 13.0 Å². The fourth-order valence-electron chi connectivity index (χ4n) is 4.30. The first kappa shape index (κ1) is 21.9. The summed E-state index contributed by atoms with van der Waals surface area (Å²) in [5.41, 5.74) is 1.81. The molecule has 0 bridgehead atoms. The molecule has 168 valence electrons. The molecule has 9 nitrogen and oxygen atoms in total. The maximum atomic E-state index is 13.2. The van der Waals surface area contributed by atoms with Crippen molar-refractivity contribution in [3.8, 4) is 0 Å². The molecule has 1 saturated heterocycles. The number of amides is 1. The molecule has 2 aliphatic heterocycles. The molecule has 0 spiro atoms. The Kier molecular flexibility index (Phi) is 5.87. The van der Waals surface area contributed by atoms with Crippen molar-refractivity contribution in [3.63, 3.8) is 0 Å². The van der Waals surface area contributed by atoms with Gasteiger partial charge in [0.2, 0.25) is 5.91 Å². The first-order chi connectivity index (χ1) is 14.7. The van der Waals surface area contributed by atoms with Crippen molar-refractivity contribution in [1.82, 2.24) is 23.8 Å². The predicted molar refractivity (Wildman–Crippen MR) is 116 cm³/mol. The molecule has 0 aromatic carbocycles. The molecule has 0 unspecified atom stereocenters. The zero-order valence-electron chi connectivity index (χ0n) is 18.6. The third-order valence-electron chi connectivity index (χ3n) is 6.04. The minimum Gasteiger partial charge on any atom is -0.339 e. The second kappa shape index (κ2) is 8.31.